The first-order valence-corrected chi connectivity index (χ1v) is 5.06. The number of amides is 1. The number of carbonyl (C=O) groups is 1. The normalized spacial score (nSPS) is 16.5. The largest absolute Gasteiger partial charge is 0.493 e. The summed E-state index contributed by atoms with van der Waals surface area (Å²) in [7, 11) is 1.49. The summed E-state index contributed by atoms with van der Waals surface area (Å²) in [6.07, 6.45) is 0. The summed E-state index contributed by atoms with van der Waals surface area (Å²) in [6.45, 7) is 3.60. The molecule has 0 radical (unpaired) electrons. The van der Waals surface area contributed by atoms with E-state index in [-0.39, 0.29) is 10.9 Å². The Kier molecular flexibility index (Phi) is 2.71. The second-order valence-electron chi connectivity index (χ2n) is 3.31. The van der Waals surface area contributed by atoms with Crippen molar-refractivity contribution in [2.75, 3.05) is 7.11 Å². The van der Waals surface area contributed by atoms with Crippen molar-refractivity contribution >= 4 is 23.2 Å². The Bertz CT molecular complexity index is 505. The van der Waals surface area contributed by atoms with E-state index in [1.807, 2.05) is 18.2 Å². The number of hydrogen-bond donors (Lipinski definition) is 1. The number of ether oxygens (including phenoxy) is 1. The van der Waals surface area contributed by atoms with Crippen molar-refractivity contribution in [3.05, 3.63) is 52.8 Å². The maximum atomic E-state index is 11.6. The summed E-state index contributed by atoms with van der Waals surface area (Å²) in [5.41, 5.74) is 1.97. The third-order valence-corrected chi connectivity index (χ3v) is 2.53. The van der Waals surface area contributed by atoms with Crippen LogP contribution in [-0.2, 0) is 4.74 Å². The molecule has 0 atom stereocenters. The van der Waals surface area contributed by atoms with Crippen LogP contribution in [0.1, 0.15) is 15.9 Å². The molecule has 0 saturated carbocycles. The Morgan fingerprint density at radius 1 is 1.38 bits per heavy atom. The van der Waals surface area contributed by atoms with Gasteiger partial charge in [0.15, 0.2) is 5.76 Å². The first kappa shape index (κ1) is 10.8. The van der Waals surface area contributed by atoms with E-state index in [2.05, 4.69) is 11.9 Å². The molecule has 1 aliphatic heterocycles. The molecule has 0 unspecified atom stereocenters. The molecule has 1 aliphatic rings. The molecule has 4 heteroatoms. The van der Waals surface area contributed by atoms with Crippen LogP contribution in [0.25, 0.3) is 5.70 Å². The maximum absolute atomic E-state index is 11.6. The summed E-state index contributed by atoms with van der Waals surface area (Å²) >= 11 is 5.81. The van der Waals surface area contributed by atoms with Crippen molar-refractivity contribution in [3.8, 4) is 0 Å². The molecule has 1 heterocycles. The lowest BCUT2D eigenvalue weighted by Crippen LogP contribution is -2.14. The number of hydrogen-bond acceptors (Lipinski definition) is 2. The zero-order chi connectivity index (χ0) is 11.7. The van der Waals surface area contributed by atoms with Crippen LogP contribution in [0.3, 0.4) is 0 Å². The fourth-order valence-corrected chi connectivity index (χ4v) is 1.85. The van der Waals surface area contributed by atoms with Gasteiger partial charge < -0.3 is 10.1 Å². The van der Waals surface area contributed by atoms with Crippen LogP contribution in [0.5, 0.6) is 0 Å². The second kappa shape index (κ2) is 4.02. The topological polar surface area (TPSA) is 38.3 Å². The Balaban J connectivity index is 2.64. The molecule has 0 fully saturated rings. The van der Waals surface area contributed by atoms with Gasteiger partial charge in [0.25, 0.3) is 5.91 Å². The number of benzene rings is 1. The summed E-state index contributed by atoms with van der Waals surface area (Å²) in [5, 5.41) is 2.98. The summed E-state index contributed by atoms with van der Waals surface area (Å²) in [5.74, 6) is 0.234. The smallest absolute Gasteiger partial charge is 0.256 e. The van der Waals surface area contributed by atoms with Gasteiger partial charge in [-0.1, -0.05) is 36.4 Å². The van der Waals surface area contributed by atoms with Gasteiger partial charge in [-0.2, -0.15) is 0 Å². The SMILES string of the molecule is C=C(Cl)/C(OC)=C1/NC(=O)c2ccccc21. The molecule has 1 N–H and O–H groups in total. The molecule has 0 aliphatic carbocycles. The van der Waals surface area contributed by atoms with Crippen molar-refractivity contribution < 1.29 is 9.53 Å². The minimum atomic E-state index is -0.155. The monoisotopic (exact) mass is 235 g/mol. The van der Waals surface area contributed by atoms with E-state index in [4.69, 9.17) is 16.3 Å². The quantitative estimate of drug-likeness (QED) is 0.800. The van der Waals surface area contributed by atoms with Gasteiger partial charge in [0.1, 0.15) is 0 Å². The van der Waals surface area contributed by atoms with Gasteiger partial charge in [-0.05, 0) is 6.07 Å². The Labute approximate surface area is 98.4 Å². The molecule has 0 saturated heterocycles. The van der Waals surface area contributed by atoms with Crippen LogP contribution < -0.4 is 5.32 Å². The van der Waals surface area contributed by atoms with E-state index in [0.717, 1.165) is 5.56 Å². The lowest BCUT2D eigenvalue weighted by atomic mass is 10.1. The fourth-order valence-electron chi connectivity index (χ4n) is 1.67. The van der Waals surface area contributed by atoms with Crippen molar-refractivity contribution in [1.29, 1.82) is 0 Å². The van der Waals surface area contributed by atoms with Crippen molar-refractivity contribution in [1.82, 2.24) is 5.32 Å². The predicted octanol–water partition coefficient (Wildman–Crippen LogP) is 2.50. The molecule has 3 nitrogen and oxygen atoms in total. The standard InChI is InChI=1S/C12H10ClNO2/c1-7(13)11(16-2)10-8-5-3-4-6-9(8)12(15)14-10/h3-6H,1H2,2H3,(H,14,15)/b11-10-. The lowest BCUT2D eigenvalue weighted by molar-refractivity contribution is 0.0980. The fraction of sp³-hybridized carbons (Fsp3) is 0.0833. The van der Waals surface area contributed by atoms with Gasteiger partial charge in [0.05, 0.1) is 17.8 Å². The van der Waals surface area contributed by atoms with Gasteiger partial charge in [0.2, 0.25) is 0 Å². The van der Waals surface area contributed by atoms with Gasteiger partial charge in [-0.3, -0.25) is 4.79 Å². The Morgan fingerprint density at radius 3 is 2.56 bits per heavy atom. The molecule has 0 aromatic heterocycles. The van der Waals surface area contributed by atoms with Crippen molar-refractivity contribution in [2.24, 2.45) is 0 Å². The number of nitrogens with one attached hydrogen (secondary N) is 1. The van der Waals surface area contributed by atoms with Crippen molar-refractivity contribution in [2.45, 2.75) is 0 Å². The molecule has 1 aromatic rings. The van der Waals surface area contributed by atoms with Crippen molar-refractivity contribution in [3.63, 3.8) is 0 Å². The minimum absolute atomic E-state index is 0.155. The highest BCUT2D eigenvalue weighted by Crippen LogP contribution is 2.30. The maximum Gasteiger partial charge on any atom is 0.256 e. The number of fused-ring (bicyclic) bond motifs is 1. The number of carbonyl (C=O) groups excluding carboxylic acids is 1. The summed E-state index contributed by atoms with van der Waals surface area (Å²) in [6, 6.07) is 7.25. The van der Waals surface area contributed by atoms with Gasteiger partial charge in [0, 0.05) is 11.1 Å². The molecule has 2 rings (SSSR count). The number of methoxy groups -OCH3 is 1. The van der Waals surface area contributed by atoms with Gasteiger partial charge >= 0.3 is 0 Å². The first-order valence-electron chi connectivity index (χ1n) is 4.69. The zero-order valence-electron chi connectivity index (χ0n) is 8.71. The number of halogens is 1. The van der Waals surface area contributed by atoms with Crippen LogP contribution in [0, 0.1) is 0 Å². The van der Waals surface area contributed by atoms with Crippen LogP contribution in [0.2, 0.25) is 0 Å². The average molecular weight is 236 g/mol. The van der Waals surface area contributed by atoms with E-state index in [1.54, 1.807) is 6.07 Å². The summed E-state index contributed by atoms with van der Waals surface area (Å²) < 4.78 is 5.13. The molecule has 0 bridgehead atoms. The second-order valence-corrected chi connectivity index (χ2v) is 3.77. The van der Waals surface area contributed by atoms with Crippen LogP contribution in [-0.4, -0.2) is 13.0 Å². The minimum Gasteiger partial charge on any atom is -0.493 e. The Morgan fingerprint density at radius 2 is 2.00 bits per heavy atom. The molecule has 1 amide bonds. The molecular formula is C12H10ClNO2. The van der Waals surface area contributed by atoms with Gasteiger partial charge in [-0.25, -0.2) is 0 Å². The van der Waals surface area contributed by atoms with Gasteiger partial charge in [-0.15, -0.1) is 0 Å². The van der Waals surface area contributed by atoms with E-state index in [0.29, 0.717) is 17.0 Å². The number of rotatable bonds is 2. The van der Waals surface area contributed by atoms with E-state index in [1.165, 1.54) is 7.11 Å². The van der Waals surface area contributed by atoms with E-state index < -0.39 is 0 Å². The predicted molar refractivity (Wildman–Crippen MR) is 62.8 cm³/mol. The highest BCUT2D eigenvalue weighted by atomic mass is 35.5. The molecule has 16 heavy (non-hydrogen) atoms. The Hall–Kier alpha value is -1.74. The van der Waals surface area contributed by atoms with E-state index >= 15 is 0 Å². The molecule has 1 aromatic carbocycles. The van der Waals surface area contributed by atoms with Crippen LogP contribution in [0.15, 0.2) is 41.6 Å². The summed E-state index contributed by atoms with van der Waals surface area (Å²) in [4.78, 5) is 11.6. The molecule has 82 valence electrons. The molecular weight excluding hydrogens is 226 g/mol. The number of allylic oxidation sites excluding steroid dienone is 1. The third-order valence-electron chi connectivity index (χ3n) is 2.36. The molecule has 0 spiro atoms. The van der Waals surface area contributed by atoms with Crippen LogP contribution >= 0.6 is 11.6 Å². The average Bonchev–Trinajstić information content (AvgIpc) is 2.58. The highest BCUT2D eigenvalue weighted by Gasteiger charge is 2.26. The van der Waals surface area contributed by atoms with Crippen LogP contribution in [0.4, 0.5) is 0 Å². The van der Waals surface area contributed by atoms with E-state index in [9.17, 15) is 4.79 Å². The lowest BCUT2D eigenvalue weighted by Gasteiger charge is -2.08. The third kappa shape index (κ3) is 1.59. The zero-order valence-corrected chi connectivity index (χ0v) is 9.47. The highest BCUT2D eigenvalue weighted by molar-refractivity contribution is 6.32. The first-order chi connectivity index (χ1) is 7.65.